The quantitative estimate of drug-likeness (QED) is 0.206. The first-order valence-corrected chi connectivity index (χ1v) is 13.5. The fourth-order valence-electron chi connectivity index (χ4n) is 5.11. The Labute approximate surface area is 228 Å². The molecule has 1 saturated heterocycles. The molecule has 1 aromatic carbocycles. The first kappa shape index (κ1) is 28.5. The summed E-state index contributed by atoms with van der Waals surface area (Å²) in [6, 6.07) is 7.89. The van der Waals surface area contributed by atoms with Crippen molar-refractivity contribution in [3.8, 4) is 11.4 Å². The average molecular weight is 541 g/mol. The Hall–Kier alpha value is -3.48. The summed E-state index contributed by atoms with van der Waals surface area (Å²) in [5, 5.41) is 5.65. The lowest BCUT2D eigenvalue weighted by molar-refractivity contribution is -0.135. The lowest BCUT2D eigenvalue weighted by Crippen LogP contribution is -2.53. The van der Waals surface area contributed by atoms with Crippen molar-refractivity contribution in [3.63, 3.8) is 0 Å². The number of hydrogen-bond donors (Lipinski definition) is 4. The summed E-state index contributed by atoms with van der Waals surface area (Å²) < 4.78 is 7.59. The van der Waals surface area contributed by atoms with Crippen LogP contribution < -0.4 is 32.5 Å². The number of anilines is 1. The van der Waals surface area contributed by atoms with Crippen LogP contribution in [0.5, 0.6) is 5.75 Å². The maximum atomic E-state index is 12.8. The zero-order chi connectivity index (χ0) is 28.0. The molecule has 6 N–H and O–H groups in total. The molecule has 1 aromatic heterocycles. The maximum absolute atomic E-state index is 12.8. The van der Waals surface area contributed by atoms with E-state index >= 15 is 0 Å². The number of nitrogens with one attached hydrogen (secondary N) is 2. The molecule has 3 heterocycles. The Morgan fingerprint density at radius 3 is 2.77 bits per heavy atom. The Balaban J connectivity index is 1.36. The minimum atomic E-state index is -1.04. The van der Waals surface area contributed by atoms with Crippen molar-refractivity contribution in [2.45, 2.75) is 38.3 Å². The summed E-state index contributed by atoms with van der Waals surface area (Å²) in [5.41, 5.74) is 12.2. The average Bonchev–Trinajstić information content (AvgIpc) is 3.40. The van der Waals surface area contributed by atoms with E-state index < -0.39 is 11.2 Å². The maximum Gasteiger partial charge on any atom is 0.354 e. The van der Waals surface area contributed by atoms with Crippen LogP contribution in [0.1, 0.15) is 25.8 Å². The van der Waals surface area contributed by atoms with E-state index in [-0.39, 0.29) is 5.91 Å². The van der Waals surface area contributed by atoms with E-state index in [4.69, 9.17) is 16.2 Å². The number of aromatic nitrogens is 2. The predicted octanol–water partition coefficient (Wildman–Crippen LogP) is -0.460. The van der Waals surface area contributed by atoms with Gasteiger partial charge in [-0.1, -0.05) is 6.07 Å². The molecule has 2 unspecified atom stereocenters. The Morgan fingerprint density at radius 1 is 1.28 bits per heavy atom. The topological polar surface area (TPSA) is 161 Å². The van der Waals surface area contributed by atoms with Gasteiger partial charge in [0.25, 0.3) is 0 Å². The summed E-state index contributed by atoms with van der Waals surface area (Å²) in [4.78, 5) is 44.2. The van der Waals surface area contributed by atoms with E-state index in [1.54, 1.807) is 31.0 Å². The number of hydrogen-bond acceptors (Lipinski definition) is 9. The van der Waals surface area contributed by atoms with Crippen LogP contribution in [0.3, 0.4) is 0 Å². The lowest BCUT2D eigenvalue weighted by atomic mass is 10.0. The molecule has 212 valence electrons. The van der Waals surface area contributed by atoms with Crippen LogP contribution in [-0.2, 0) is 16.0 Å². The van der Waals surface area contributed by atoms with Gasteiger partial charge in [0.15, 0.2) is 0 Å². The molecule has 4 rings (SSSR count). The normalized spacial score (nSPS) is 19.2. The number of ether oxygens (including phenoxy) is 1. The molecule has 2 aliphatic heterocycles. The largest absolute Gasteiger partial charge is 0.492 e. The third kappa shape index (κ3) is 7.14. The summed E-state index contributed by atoms with van der Waals surface area (Å²) in [6.07, 6.45) is 4.31. The van der Waals surface area contributed by atoms with Crippen molar-refractivity contribution < 1.29 is 14.3 Å². The molecule has 0 spiro atoms. The molecule has 2 atom stereocenters. The zero-order valence-electron chi connectivity index (χ0n) is 22.8. The van der Waals surface area contributed by atoms with Gasteiger partial charge >= 0.3 is 5.69 Å². The number of carbonyl (C=O) groups is 2. The second-order valence-electron chi connectivity index (χ2n) is 10.8. The van der Waals surface area contributed by atoms with Gasteiger partial charge < -0.3 is 31.7 Å². The molecular weight excluding hydrogens is 500 g/mol. The van der Waals surface area contributed by atoms with E-state index in [2.05, 4.69) is 20.5 Å². The van der Waals surface area contributed by atoms with E-state index in [1.165, 1.54) is 4.57 Å². The van der Waals surface area contributed by atoms with E-state index in [0.29, 0.717) is 62.7 Å². The van der Waals surface area contributed by atoms with Gasteiger partial charge in [-0.05, 0) is 63.4 Å². The van der Waals surface area contributed by atoms with Crippen LogP contribution in [0.25, 0.3) is 5.69 Å². The second-order valence-corrected chi connectivity index (χ2v) is 10.8. The molecule has 0 aliphatic carbocycles. The summed E-state index contributed by atoms with van der Waals surface area (Å²) in [6.45, 7) is 8.03. The van der Waals surface area contributed by atoms with Gasteiger partial charge in [-0.15, -0.1) is 0 Å². The van der Waals surface area contributed by atoms with Crippen molar-refractivity contribution in [1.82, 2.24) is 24.7 Å². The van der Waals surface area contributed by atoms with E-state index in [1.807, 2.05) is 18.2 Å². The molecule has 0 radical (unpaired) electrons. The minimum Gasteiger partial charge on any atom is -0.492 e. The van der Waals surface area contributed by atoms with Gasteiger partial charge in [-0.3, -0.25) is 19.1 Å². The standard InChI is InChI=1S/C27H40N8O4/c1-27(2,29)25(37)33(11-7-30-18-36)12-8-31-24-6-10-35(26(38)32-24)21-4-3-20-13-22(17-39-23(20)14-21)34-9-5-19(15-28)16-34/h3-4,6,10,14,18-19,22H,5,7-9,11-13,15-17,28-29H2,1-2H3,(H,30,36)(H,31,32,38). The van der Waals surface area contributed by atoms with Crippen LogP contribution in [0.2, 0.25) is 0 Å². The number of fused-ring (bicyclic) bond motifs is 1. The third-order valence-electron chi connectivity index (χ3n) is 7.32. The molecule has 2 amide bonds. The molecule has 2 aromatic rings. The minimum absolute atomic E-state index is 0.235. The highest BCUT2D eigenvalue weighted by molar-refractivity contribution is 5.85. The van der Waals surface area contributed by atoms with E-state index in [9.17, 15) is 14.4 Å². The van der Waals surface area contributed by atoms with Gasteiger partial charge in [0, 0.05) is 51.0 Å². The lowest BCUT2D eigenvalue weighted by Gasteiger charge is -2.32. The second kappa shape index (κ2) is 12.6. The van der Waals surface area contributed by atoms with Crippen molar-refractivity contribution in [3.05, 3.63) is 46.5 Å². The highest BCUT2D eigenvalue weighted by atomic mass is 16.5. The highest BCUT2D eigenvalue weighted by Gasteiger charge is 2.31. The molecular formula is C27H40N8O4. The van der Waals surface area contributed by atoms with Crippen LogP contribution in [-0.4, -0.2) is 95.7 Å². The van der Waals surface area contributed by atoms with Crippen molar-refractivity contribution >= 4 is 18.1 Å². The Kier molecular flexibility index (Phi) is 9.20. The van der Waals surface area contributed by atoms with Gasteiger partial charge in [0.2, 0.25) is 12.3 Å². The first-order chi connectivity index (χ1) is 18.7. The van der Waals surface area contributed by atoms with Gasteiger partial charge in [0.1, 0.15) is 18.2 Å². The number of rotatable bonds is 12. The molecule has 0 saturated carbocycles. The molecule has 12 heteroatoms. The summed E-state index contributed by atoms with van der Waals surface area (Å²) in [5.74, 6) is 1.53. The number of amides is 2. The molecule has 39 heavy (non-hydrogen) atoms. The fourth-order valence-corrected chi connectivity index (χ4v) is 5.11. The Bertz CT molecular complexity index is 1210. The predicted molar refractivity (Wildman–Crippen MR) is 149 cm³/mol. The summed E-state index contributed by atoms with van der Waals surface area (Å²) >= 11 is 0. The smallest absolute Gasteiger partial charge is 0.354 e. The van der Waals surface area contributed by atoms with Gasteiger partial charge in [0.05, 0.1) is 11.2 Å². The van der Waals surface area contributed by atoms with Gasteiger partial charge in [-0.2, -0.15) is 4.98 Å². The first-order valence-electron chi connectivity index (χ1n) is 13.5. The number of likely N-dealkylation sites (tertiary alicyclic amines) is 1. The van der Waals surface area contributed by atoms with Crippen LogP contribution in [0.15, 0.2) is 35.3 Å². The highest BCUT2D eigenvalue weighted by Crippen LogP contribution is 2.30. The van der Waals surface area contributed by atoms with Crippen molar-refractivity contribution in [2.24, 2.45) is 17.4 Å². The number of benzene rings is 1. The van der Waals surface area contributed by atoms with Crippen molar-refractivity contribution in [1.29, 1.82) is 0 Å². The molecule has 0 bridgehead atoms. The van der Waals surface area contributed by atoms with Gasteiger partial charge in [-0.25, -0.2) is 4.79 Å². The number of nitrogens with zero attached hydrogens (tertiary/aromatic N) is 4. The van der Waals surface area contributed by atoms with Crippen LogP contribution >= 0.6 is 0 Å². The number of nitrogens with two attached hydrogens (primary N) is 2. The van der Waals surface area contributed by atoms with Crippen molar-refractivity contribution in [2.75, 3.05) is 57.7 Å². The molecule has 12 nitrogen and oxygen atoms in total. The fraction of sp³-hybridized carbons (Fsp3) is 0.556. The number of carbonyl (C=O) groups excluding carboxylic acids is 2. The molecule has 2 aliphatic rings. The third-order valence-corrected chi connectivity index (χ3v) is 7.32. The van der Waals surface area contributed by atoms with Crippen LogP contribution in [0.4, 0.5) is 5.82 Å². The molecule has 1 fully saturated rings. The van der Waals surface area contributed by atoms with E-state index in [0.717, 1.165) is 43.8 Å². The summed E-state index contributed by atoms with van der Waals surface area (Å²) in [7, 11) is 0. The SMILES string of the molecule is CC(C)(N)C(=O)N(CCNC=O)CCNc1ccn(-c2ccc3c(c2)OCC(N2CCC(CN)C2)C3)c(=O)n1. The monoisotopic (exact) mass is 540 g/mol. The Morgan fingerprint density at radius 2 is 2.08 bits per heavy atom. The zero-order valence-corrected chi connectivity index (χ0v) is 22.8. The van der Waals surface area contributed by atoms with Crippen LogP contribution in [0, 0.1) is 5.92 Å².